The maximum Gasteiger partial charge on any atom is 0.0987 e. The number of aliphatic hydroxyl groups is 1. The molecule has 0 spiro atoms. The number of fused-ring (bicyclic) bond motifs is 1. The van der Waals surface area contributed by atoms with Crippen LogP contribution in [0.4, 0.5) is 0 Å². The molecule has 1 N–H and O–H groups in total. The molecule has 2 aromatic rings. The highest BCUT2D eigenvalue weighted by atomic mass is 35.5. The van der Waals surface area contributed by atoms with Gasteiger partial charge in [0.25, 0.3) is 0 Å². The predicted octanol–water partition coefficient (Wildman–Crippen LogP) is 3.82. The highest BCUT2D eigenvalue weighted by Crippen LogP contribution is 2.39. The monoisotopic (exact) mass is 242 g/mol. The summed E-state index contributed by atoms with van der Waals surface area (Å²) in [5, 5.41) is 10.7. The molecular formula is C15H11ClO. The first-order chi connectivity index (χ1) is 8.25. The summed E-state index contributed by atoms with van der Waals surface area (Å²) in [4.78, 5) is 0. The van der Waals surface area contributed by atoms with Gasteiger partial charge in [-0.05, 0) is 40.5 Å². The Balaban J connectivity index is 2.15. The summed E-state index contributed by atoms with van der Waals surface area (Å²) in [6, 6.07) is 15.7. The average Bonchev–Trinajstić information content (AvgIpc) is 2.68. The molecule has 1 aliphatic rings. The van der Waals surface area contributed by atoms with Crippen molar-refractivity contribution in [2.24, 2.45) is 0 Å². The molecule has 0 fully saturated rings. The van der Waals surface area contributed by atoms with Crippen LogP contribution in [0, 0.1) is 0 Å². The lowest BCUT2D eigenvalue weighted by atomic mass is 9.99. The molecule has 0 radical (unpaired) electrons. The number of hydrogen-bond acceptors (Lipinski definition) is 1. The Hall–Kier alpha value is -1.57. The van der Waals surface area contributed by atoms with Gasteiger partial charge in [0, 0.05) is 5.02 Å². The molecule has 2 heteroatoms. The van der Waals surface area contributed by atoms with E-state index in [1.54, 1.807) is 0 Å². The van der Waals surface area contributed by atoms with Crippen molar-refractivity contribution < 1.29 is 5.11 Å². The van der Waals surface area contributed by atoms with Crippen molar-refractivity contribution in [2.45, 2.75) is 6.10 Å². The van der Waals surface area contributed by atoms with Gasteiger partial charge in [0.15, 0.2) is 0 Å². The minimum absolute atomic E-state index is 0.557. The van der Waals surface area contributed by atoms with E-state index in [4.69, 9.17) is 11.6 Å². The van der Waals surface area contributed by atoms with Crippen molar-refractivity contribution in [3.05, 3.63) is 76.3 Å². The van der Waals surface area contributed by atoms with Crippen LogP contribution in [0.25, 0.3) is 5.57 Å². The lowest BCUT2D eigenvalue weighted by Gasteiger charge is -2.06. The summed E-state index contributed by atoms with van der Waals surface area (Å²) in [6.07, 6.45) is 1.31. The number of benzene rings is 2. The standard InChI is InChI=1S/C15H11ClO/c16-11-6-7-12-13(9-15(17)14(12)8-11)10-4-2-1-3-5-10/h1-9,15,17H/t15-/m0/s1. The van der Waals surface area contributed by atoms with Gasteiger partial charge in [-0.2, -0.15) is 0 Å². The molecule has 0 aromatic heterocycles. The van der Waals surface area contributed by atoms with Crippen LogP contribution in [-0.4, -0.2) is 5.11 Å². The van der Waals surface area contributed by atoms with Crippen molar-refractivity contribution >= 4 is 17.2 Å². The Labute approximate surface area is 105 Å². The zero-order valence-corrected chi connectivity index (χ0v) is 9.85. The van der Waals surface area contributed by atoms with Crippen LogP contribution >= 0.6 is 11.6 Å². The fourth-order valence-corrected chi connectivity index (χ4v) is 2.41. The predicted molar refractivity (Wildman–Crippen MR) is 69.9 cm³/mol. The van der Waals surface area contributed by atoms with Crippen molar-refractivity contribution in [1.29, 1.82) is 0 Å². The second-order valence-corrected chi connectivity index (χ2v) is 4.56. The van der Waals surface area contributed by atoms with Crippen LogP contribution in [0.5, 0.6) is 0 Å². The number of rotatable bonds is 1. The quantitative estimate of drug-likeness (QED) is 0.806. The molecule has 0 aliphatic heterocycles. The lowest BCUT2D eigenvalue weighted by molar-refractivity contribution is 0.232. The van der Waals surface area contributed by atoms with E-state index < -0.39 is 6.10 Å². The minimum atomic E-state index is -0.557. The molecular weight excluding hydrogens is 232 g/mol. The van der Waals surface area contributed by atoms with Gasteiger partial charge < -0.3 is 5.11 Å². The van der Waals surface area contributed by atoms with E-state index in [2.05, 4.69) is 0 Å². The fraction of sp³-hybridized carbons (Fsp3) is 0.0667. The first-order valence-corrected chi connectivity index (χ1v) is 5.88. The molecule has 0 amide bonds. The number of halogens is 1. The van der Waals surface area contributed by atoms with Crippen LogP contribution in [-0.2, 0) is 0 Å². The normalized spacial score (nSPS) is 17.8. The molecule has 3 rings (SSSR count). The molecule has 1 nitrogen and oxygen atoms in total. The minimum Gasteiger partial charge on any atom is -0.384 e. The van der Waals surface area contributed by atoms with Crippen molar-refractivity contribution in [1.82, 2.24) is 0 Å². The van der Waals surface area contributed by atoms with Crippen molar-refractivity contribution in [2.75, 3.05) is 0 Å². The van der Waals surface area contributed by atoms with Gasteiger partial charge in [-0.1, -0.05) is 48.0 Å². The first kappa shape index (κ1) is 10.6. The highest BCUT2D eigenvalue weighted by molar-refractivity contribution is 6.30. The second-order valence-electron chi connectivity index (χ2n) is 4.12. The van der Waals surface area contributed by atoms with Crippen LogP contribution in [0.1, 0.15) is 22.8 Å². The number of aliphatic hydroxyl groups excluding tert-OH is 1. The van der Waals surface area contributed by atoms with Gasteiger partial charge >= 0.3 is 0 Å². The van der Waals surface area contributed by atoms with E-state index in [-0.39, 0.29) is 0 Å². The van der Waals surface area contributed by atoms with E-state index in [0.717, 1.165) is 22.3 Å². The van der Waals surface area contributed by atoms with Crippen LogP contribution < -0.4 is 0 Å². The van der Waals surface area contributed by atoms with Crippen LogP contribution in [0.3, 0.4) is 0 Å². The topological polar surface area (TPSA) is 20.2 Å². The Morgan fingerprint density at radius 1 is 1.00 bits per heavy atom. The maximum atomic E-state index is 10.0. The van der Waals surface area contributed by atoms with Crippen molar-refractivity contribution in [3.63, 3.8) is 0 Å². The molecule has 1 aliphatic carbocycles. The SMILES string of the molecule is O[C@H]1C=C(c2ccccc2)c2ccc(Cl)cc21. The first-order valence-electron chi connectivity index (χ1n) is 5.51. The van der Waals surface area contributed by atoms with E-state index in [0.29, 0.717) is 5.02 Å². The third-order valence-electron chi connectivity index (χ3n) is 3.03. The highest BCUT2D eigenvalue weighted by Gasteiger charge is 2.22. The largest absolute Gasteiger partial charge is 0.384 e. The van der Waals surface area contributed by atoms with Gasteiger partial charge in [0.1, 0.15) is 0 Å². The van der Waals surface area contributed by atoms with Gasteiger partial charge in [-0.15, -0.1) is 0 Å². The summed E-state index contributed by atoms with van der Waals surface area (Å²) in [5.74, 6) is 0. The smallest absolute Gasteiger partial charge is 0.0987 e. The summed E-state index contributed by atoms with van der Waals surface area (Å²) < 4.78 is 0. The zero-order valence-electron chi connectivity index (χ0n) is 9.10. The molecule has 0 bridgehead atoms. The van der Waals surface area contributed by atoms with Crippen LogP contribution in [0.15, 0.2) is 54.6 Å². The third-order valence-corrected chi connectivity index (χ3v) is 3.27. The van der Waals surface area contributed by atoms with Gasteiger partial charge in [-0.25, -0.2) is 0 Å². The molecule has 17 heavy (non-hydrogen) atoms. The molecule has 0 unspecified atom stereocenters. The van der Waals surface area contributed by atoms with E-state index in [1.807, 2.05) is 54.6 Å². The van der Waals surface area contributed by atoms with Gasteiger partial charge in [0.05, 0.1) is 6.10 Å². The summed E-state index contributed by atoms with van der Waals surface area (Å²) in [7, 11) is 0. The Bertz CT molecular complexity index is 587. The van der Waals surface area contributed by atoms with Crippen LogP contribution in [0.2, 0.25) is 5.02 Å². The molecule has 2 aromatic carbocycles. The van der Waals surface area contributed by atoms with Gasteiger partial charge in [0.2, 0.25) is 0 Å². The zero-order chi connectivity index (χ0) is 11.8. The molecule has 84 valence electrons. The second kappa shape index (κ2) is 4.02. The van der Waals surface area contributed by atoms with Crippen molar-refractivity contribution in [3.8, 4) is 0 Å². The average molecular weight is 243 g/mol. The summed E-state index contributed by atoms with van der Waals surface area (Å²) in [6.45, 7) is 0. The maximum absolute atomic E-state index is 10.0. The van der Waals surface area contributed by atoms with E-state index in [9.17, 15) is 5.11 Å². The summed E-state index contributed by atoms with van der Waals surface area (Å²) in [5.41, 5.74) is 4.14. The Morgan fingerprint density at radius 3 is 2.53 bits per heavy atom. The lowest BCUT2D eigenvalue weighted by Crippen LogP contribution is -1.90. The fourth-order valence-electron chi connectivity index (χ4n) is 2.23. The number of hydrogen-bond donors (Lipinski definition) is 1. The molecule has 1 atom stereocenters. The molecule has 0 heterocycles. The van der Waals surface area contributed by atoms with E-state index >= 15 is 0 Å². The van der Waals surface area contributed by atoms with E-state index in [1.165, 1.54) is 0 Å². The molecule has 0 saturated carbocycles. The summed E-state index contributed by atoms with van der Waals surface area (Å²) >= 11 is 5.95. The van der Waals surface area contributed by atoms with Gasteiger partial charge in [-0.3, -0.25) is 0 Å². The Kier molecular flexibility index (Phi) is 2.50. The molecule has 0 saturated heterocycles. The Morgan fingerprint density at radius 2 is 1.76 bits per heavy atom. The third kappa shape index (κ3) is 1.78.